The zero-order valence-corrected chi connectivity index (χ0v) is 18.3. The summed E-state index contributed by atoms with van der Waals surface area (Å²) in [6, 6.07) is 9.71. The molecule has 2 bridgehead atoms. The summed E-state index contributed by atoms with van der Waals surface area (Å²) >= 11 is 0. The zero-order chi connectivity index (χ0) is 21.6. The first kappa shape index (κ1) is 20.0. The Morgan fingerprint density at radius 1 is 1.06 bits per heavy atom. The van der Waals surface area contributed by atoms with Crippen LogP contribution in [0.25, 0.3) is 22.4 Å². The highest BCUT2D eigenvalue weighted by atomic mass is 16.3. The number of H-pyrrole nitrogens is 1. The van der Waals surface area contributed by atoms with Gasteiger partial charge in [-0.3, -0.25) is 5.10 Å². The van der Waals surface area contributed by atoms with Crippen molar-refractivity contribution in [1.82, 2.24) is 25.7 Å². The van der Waals surface area contributed by atoms with Gasteiger partial charge in [0.2, 0.25) is 0 Å². The summed E-state index contributed by atoms with van der Waals surface area (Å²) in [6.07, 6.45) is 8.39. The van der Waals surface area contributed by atoms with Gasteiger partial charge in [0.25, 0.3) is 0 Å². The Morgan fingerprint density at radius 3 is 2.45 bits per heavy atom. The number of fused-ring (bicyclic) bond motifs is 2. The Hall–Kier alpha value is -2.93. The van der Waals surface area contributed by atoms with Crippen molar-refractivity contribution in [2.45, 2.75) is 63.6 Å². The van der Waals surface area contributed by atoms with Gasteiger partial charge in [0.15, 0.2) is 0 Å². The van der Waals surface area contributed by atoms with Crippen molar-refractivity contribution < 1.29 is 5.11 Å². The van der Waals surface area contributed by atoms with Crippen molar-refractivity contribution in [3.63, 3.8) is 0 Å². The second kappa shape index (κ2) is 7.34. The van der Waals surface area contributed by atoms with Gasteiger partial charge in [-0.2, -0.15) is 5.10 Å². The quantitative estimate of drug-likeness (QED) is 0.492. The van der Waals surface area contributed by atoms with Gasteiger partial charge in [0.05, 0.1) is 11.9 Å². The van der Waals surface area contributed by atoms with Gasteiger partial charge in [0, 0.05) is 34.4 Å². The van der Waals surface area contributed by atoms with Crippen LogP contribution < -0.4 is 10.6 Å². The van der Waals surface area contributed by atoms with Crippen LogP contribution in [0.2, 0.25) is 0 Å². The second-order valence-electron chi connectivity index (χ2n) is 9.87. The summed E-state index contributed by atoms with van der Waals surface area (Å²) in [7, 11) is 0. The van der Waals surface area contributed by atoms with Gasteiger partial charge in [-0.25, -0.2) is 0 Å². The number of benzene rings is 1. The van der Waals surface area contributed by atoms with E-state index in [9.17, 15) is 5.11 Å². The molecule has 2 fully saturated rings. The number of anilines is 1. The third kappa shape index (κ3) is 3.90. The minimum atomic E-state index is 0.175. The van der Waals surface area contributed by atoms with E-state index in [1.165, 1.54) is 25.7 Å². The highest BCUT2D eigenvalue weighted by Crippen LogP contribution is 2.45. The smallest absolute Gasteiger partial charge is 0.148 e. The lowest BCUT2D eigenvalue weighted by Gasteiger charge is -2.44. The number of hydrogen-bond acceptors (Lipinski definition) is 6. The third-order valence-corrected chi connectivity index (χ3v) is 7.11. The van der Waals surface area contributed by atoms with Gasteiger partial charge in [-0.1, -0.05) is 6.07 Å². The lowest BCUT2D eigenvalue weighted by molar-refractivity contribution is 0.160. The normalized spacial score (nSPS) is 28.4. The largest absolute Gasteiger partial charge is 0.507 e. The summed E-state index contributed by atoms with van der Waals surface area (Å²) in [6.45, 7) is 6.96. The number of rotatable bonds is 5. The number of aromatic hydroxyl groups is 1. The van der Waals surface area contributed by atoms with Gasteiger partial charge in [-0.05, 0) is 82.2 Å². The predicted molar refractivity (Wildman–Crippen MR) is 122 cm³/mol. The Morgan fingerprint density at radius 2 is 1.84 bits per heavy atom. The van der Waals surface area contributed by atoms with E-state index in [1.54, 1.807) is 18.5 Å². The fourth-order valence-electron chi connectivity index (χ4n) is 5.54. The first-order valence-electron chi connectivity index (χ1n) is 11.0. The summed E-state index contributed by atoms with van der Waals surface area (Å²) in [5.74, 6) is 1.54. The van der Waals surface area contributed by atoms with Crippen LogP contribution in [-0.4, -0.2) is 42.6 Å². The number of hydrogen-bond donors (Lipinski definition) is 4. The van der Waals surface area contributed by atoms with Crippen molar-refractivity contribution in [3.05, 3.63) is 42.7 Å². The molecule has 31 heavy (non-hydrogen) atoms. The first-order valence-corrected chi connectivity index (χ1v) is 11.0. The Balaban J connectivity index is 1.28. The van der Waals surface area contributed by atoms with Gasteiger partial charge >= 0.3 is 0 Å². The van der Waals surface area contributed by atoms with E-state index in [0.717, 1.165) is 16.9 Å². The second-order valence-corrected chi connectivity index (χ2v) is 9.87. The number of nitrogens with one attached hydrogen (secondary N) is 3. The monoisotopic (exact) mass is 418 g/mol. The molecule has 7 nitrogen and oxygen atoms in total. The van der Waals surface area contributed by atoms with Crippen LogP contribution in [0.5, 0.6) is 5.75 Å². The highest BCUT2D eigenvalue weighted by molar-refractivity contribution is 5.73. The molecule has 4 N–H and O–H groups in total. The van der Waals surface area contributed by atoms with Crippen molar-refractivity contribution in [2.24, 2.45) is 5.92 Å². The van der Waals surface area contributed by atoms with Crippen LogP contribution >= 0.6 is 0 Å². The van der Waals surface area contributed by atoms with Crippen molar-refractivity contribution in [2.75, 3.05) is 5.32 Å². The molecule has 0 saturated carbocycles. The molecule has 0 amide bonds. The van der Waals surface area contributed by atoms with Crippen molar-refractivity contribution >= 4 is 5.82 Å². The summed E-state index contributed by atoms with van der Waals surface area (Å²) in [5, 5.41) is 33.4. The van der Waals surface area contributed by atoms with Crippen LogP contribution in [0.4, 0.5) is 5.82 Å². The Bertz CT molecular complexity index is 1050. The molecule has 2 aromatic heterocycles. The predicted octanol–water partition coefficient (Wildman–Crippen LogP) is 4.35. The molecular formula is C24H30N6O. The summed E-state index contributed by atoms with van der Waals surface area (Å²) in [5.41, 5.74) is 3.64. The molecule has 3 atom stereocenters. The lowest BCUT2D eigenvalue weighted by atomic mass is 9.77. The van der Waals surface area contributed by atoms with E-state index in [-0.39, 0.29) is 16.8 Å². The maximum absolute atomic E-state index is 10.5. The SMILES string of the molecule is CC(Nc1ccc(-c2ccc(-c3cn[nH]c3)cc2O)nn1)C1CC2(C)CCC(C)(C1)N2. The van der Waals surface area contributed by atoms with Crippen molar-refractivity contribution in [3.8, 4) is 28.1 Å². The molecule has 0 spiro atoms. The molecule has 0 aliphatic carbocycles. The molecule has 2 saturated heterocycles. The minimum absolute atomic E-state index is 0.175. The molecule has 2 aliphatic rings. The van der Waals surface area contributed by atoms with E-state index >= 15 is 0 Å². The Labute approximate surface area is 182 Å². The third-order valence-electron chi connectivity index (χ3n) is 7.11. The molecule has 3 unspecified atom stereocenters. The van der Waals surface area contributed by atoms with Gasteiger partial charge in [-0.15, -0.1) is 10.2 Å². The number of piperidine rings is 1. The fourth-order valence-corrected chi connectivity index (χ4v) is 5.54. The molecular weight excluding hydrogens is 388 g/mol. The maximum atomic E-state index is 10.5. The summed E-state index contributed by atoms with van der Waals surface area (Å²) in [4.78, 5) is 0. The number of phenols is 1. The number of nitrogens with zero attached hydrogens (tertiary/aromatic N) is 3. The average Bonchev–Trinajstić information content (AvgIpc) is 3.34. The molecule has 0 radical (unpaired) electrons. The van der Waals surface area contributed by atoms with Gasteiger partial charge < -0.3 is 15.7 Å². The molecule has 5 rings (SSSR count). The molecule has 7 heteroatoms. The van der Waals surface area contributed by atoms with Crippen LogP contribution in [0.3, 0.4) is 0 Å². The molecule has 3 aromatic rings. The molecule has 162 valence electrons. The topological polar surface area (TPSA) is 98.8 Å². The number of phenolic OH excluding ortho intramolecular Hbond substituents is 1. The average molecular weight is 419 g/mol. The van der Waals surface area contributed by atoms with Crippen LogP contribution in [0.1, 0.15) is 46.5 Å². The van der Waals surface area contributed by atoms with Crippen LogP contribution in [-0.2, 0) is 0 Å². The van der Waals surface area contributed by atoms with Crippen LogP contribution in [0.15, 0.2) is 42.7 Å². The molecule has 4 heterocycles. The van der Waals surface area contributed by atoms with E-state index in [0.29, 0.717) is 23.2 Å². The molecule has 1 aromatic carbocycles. The van der Waals surface area contributed by atoms with E-state index < -0.39 is 0 Å². The first-order chi connectivity index (χ1) is 14.8. The van der Waals surface area contributed by atoms with Crippen LogP contribution in [0, 0.1) is 5.92 Å². The van der Waals surface area contributed by atoms with Gasteiger partial charge in [0.1, 0.15) is 11.6 Å². The zero-order valence-electron chi connectivity index (χ0n) is 18.3. The molecule has 2 aliphatic heterocycles. The van der Waals surface area contributed by atoms with E-state index in [2.05, 4.69) is 51.8 Å². The number of aromatic nitrogens is 4. The van der Waals surface area contributed by atoms with E-state index in [1.807, 2.05) is 24.3 Å². The maximum Gasteiger partial charge on any atom is 0.148 e. The lowest BCUT2D eigenvalue weighted by Crippen LogP contribution is -2.55. The Kier molecular flexibility index (Phi) is 4.73. The van der Waals surface area contributed by atoms with Crippen molar-refractivity contribution in [1.29, 1.82) is 0 Å². The van der Waals surface area contributed by atoms with E-state index in [4.69, 9.17) is 0 Å². The fraction of sp³-hybridized carbons (Fsp3) is 0.458. The minimum Gasteiger partial charge on any atom is -0.507 e. The highest BCUT2D eigenvalue weighted by Gasteiger charge is 2.49. The standard InChI is InChI=1S/C24H30N6O/c1-15(17-11-23(2)8-9-24(3,12-17)30-23)27-22-7-6-20(28-29-22)19-5-4-16(10-21(19)31)18-13-25-26-14-18/h4-7,10,13-15,17,30-31H,8-9,11-12H2,1-3H3,(H,25,26)(H,27,29). The number of aromatic amines is 1. The summed E-state index contributed by atoms with van der Waals surface area (Å²) < 4.78 is 0.